The molecule has 0 radical (unpaired) electrons. The highest BCUT2D eigenvalue weighted by Gasteiger charge is 2.37. The van der Waals surface area contributed by atoms with Gasteiger partial charge in [-0.05, 0) is 53.5 Å². The van der Waals surface area contributed by atoms with E-state index in [9.17, 15) is 19.2 Å². The summed E-state index contributed by atoms with van der Waals surface area (Å²) in [6, 6.07) is 4.93. The first-order valence-electron chi connectivity index (χ1n) is 11.0. The number of rotatable bonds is 9. The van der Waals surface area contributed by atoms with Crippen LogP contribution in [0.1, 0.15) is 65.1 Å². The number of carbonyl (C=O) groups excluding carboxylic acids is 4. The molecule has 1 aromatic carbocycles. The first-order valence-corrected chi connectivity index (χ1v) is 11.0. The fraction of sp³-hybridized carbons (Fsp3) is 0.583. The summed E-state index contributed by atoms with van der Waals surface area (Å²) in [4.78, 5) is 52.0. The summed E-state index contributed by atoms with van der Waals surface area (Å²) < 4.78 is 9.86. The number of esters is 1. The number of hydrogen-bond donors (Lipinski definition) is 2. The zero-order valence-electron chi connectivity index (χ0n) is 20.9. The van der Waals surface area contributed by atoms with Gasteiger partial charge in [-0.1, -0.05) is 36.8 Å². The van der Waals surface area contributed by atoms with Gasteiger partial charge in [-0.25, -0.2) is 4.79 Å². The molecule has 9 nitrogen and oxygen atoms in total. The molecule has 33 heavy (non-hydrogen) atoms. The third-order valence-corrected chi connectivity index (χ3v) is 4.98. The van der Waals surface area contributed by atoms with Crippen molar-refractivity contribution >= 4 is 23.9 Å². The van der Waals surface area contributed by atoms with E-state index in [1.54, 1.807) is 39.8 Å². The monoisotopic (exact) mass is 463 g/mol. The van der Waals surface area contributed by atoms with Crippen molar-refractivity contribution in [1.29, 1.82) is 0 Å². The highest BCUT2D eigenvalue weighted by atomic mass is 16.6. The molecule has 9 heteroatoms. The molecule has 2 N–H and O–H groups in total. The molecule has 3 amide bonds. The molecule has 0 aliphatic carbocycles. The largest absolute Gasteiger partial charge is 0.468 e. The zero-order chi connectivity index (χ0) is 25.3. The summed E-state index contributed by atoms with van der Waals surface area (Å²) in [6.07, 6.45) is -0.160. The van der Waals surface area contributed by atoms with E-state index in [4.69, 9.17) is 4.74 Å². The summed E-state index contributed by atoms with van der Waals surface area (Å²) in [5, 5.41) is 5.10. The van der Waals surface area contributed by atoms with Crippen molar-refractivity contribution in [2.24, 2.45) is 0 Å². The molecule has 0 spiro atoms. The third kappa shape index (κ3) is 8.75. The fourth-order valence-electron chi connectivity index (χ4n) is 3.08. The van der Waals surface area contributed by atoms with Crippen LogP contribution in [-0.2, 0) is 23.9 Å². The Bertz CT molecular complexity index is 832. The van der Waals surface area contributed by atoms with Crippen LogP contribution in [0.4, 0.5) is 4.79 Å². The number of nitrogens with one attached hydrogen (secondary N) is 2. The predicted octanol–water partition coefficient (Wildman–Crippen LogP) is 2.87. The number of aryl methyl sites for hydroxylation is 1. The van der Waals surface area contributed by atoms with Crippen LogP contribution in [0.2, 0.25) is 0 Å². The average molecular weight is 464 g/mol. The van der Waals surface area contributed by atoms with Gasteiger partial charge in [0.05, 0.1) is 7.11 Å². The van der Waals surface area contributed by atoms with Crippen LogP contribution < -0.4 is 10.6 Å². The molecule has 0 bridgehead atoms. The Kier molecular flexibility index (Phi) is 10.3. The van der Waals surface area contributed by atoms with Crippen LogP contribution in [0.3, 0.4) is 0 Å². The Morgan fingerprint density at radius 1 is 1.06 bits per heavy atom. The van der Waals surface area contributed by atoms with Gasteiger partial charge in [0.25, 0.3) is 0 Å². The molecule has 0 aliphatic heterocycles. The van der Waals surface area contributed by atoms with Crippen molar-refractivity contribution in [3.05, 3.63) is 35.4 Å². The zero-order valence-corrected chi connectivity index (χ0v) is 20.9. The second-order valence-electron chi connectivity index (χ2n) is 8.98. The van der Waals surface area contributed by atoms with E-state index in [0.717, 1.165) is 5.56 Å². The lowest BCUT2D eigenvalue weighted by molar-refractivity contribution is -0.146. The fourth-order valence-corrected chi connectivity index (χ4v) is 3.08. The number of hydrogen-bond acceptors (Lipinski definition) is 6. The van der Waals surface area contributed by atoms with Crippen molar-refractivity contribution in [3.8, 4) is 0 Å². The van der Waals surface area contributed by atoms with E-state index in [2.05, 4.69) is 15.4 Å². The molecule has 0 heterocycles. The van der Waals surface area contributed by atoms with Gasteiger partial charge in [0.2, 0.25) is 11.8 Å². The standard InChI is InChI=1S/C24H37N3O6/c1-9-16(3)27(22(30)17(4)26-23(31)33-24(5,6)7)20(18-12-10-15(2)11-13-18)21(29)25-14-19(28)32-8/h10-13,16-17,20H,9,14H2,1-8H3,(H,25,29)(H,26,31). The molecule has 184 valence electrons. The quantitative estimate of drug-likeness (QED) is 0.545. The molecule has 0 aliphatic rings. The van der Waals surface area contributed by atoms with Gasteiger partial charge >= 0.3 is 12.1 Å². The van der Waals surface area contributed by atoms with Crippen molar-refractivity contribution in [2.45, 2.75) is 78.6 Å². The first kappa shape index (κ1) is 27.9. The van der Waals surface area contributed by atoms with Gasteiger partial charge in [0.15, 0.2) is 0 Å². The number of alkyl carbamates (subject to hydrolysis) is 1. The molecule has 3 atom stereocenters. The topological polar surface area (TPSA) is 114 Å². The number of benzene rings is 1. The lowest BCUT2D eigenvalue weighted by Gasteiger charge is -2.37. The minimum atomic E-state index is -1.01. The van der Waals surface area contributed by atoms with Gasteiger partial charge in [-0.2, -0.15) is 0 Å². The Morgan fingerprint density at radius 2 is 1.64 bits per heavy atom. The van der Waals surface area contributed by atoms with E-state index < -0.39 is 41.6 Å². The molecule has 0 aromatic heterocycles. The highest BCUT2D eigenvalue weighted by molar-refractivity contribution is 5.93. The van der Waals surface area contributed by atoms with Gasteiger partial charge in [-0.3, -0.25) is 14.4 Å². The number of nitrogens with zero attached hydrogens (tertiary/aromatic N) is 1. The lowest BCUT2D eigenvalue weighted by Crippen LogP contribution is -2.54. The highest BCUT2D eigenvalue weighted by Crippen LogP contribution is 2.26. The number of methoxy groups -OCH3 is 1. The van der Waals surface area contributed by atoms with Crippen LogP contribution in [-0.4, -0.2) is 60.1 Å². The Hall–Kier alpha value is -3.10. The first-order chi connectivity index (χ1) is 15.3. The van der Waals surface area contributed by atoms with Crippen LogP contribution in [0.5, 0.6) is 0 Å². The van der Waals surface area contributed by atoms with Gasteiger partial charge < -0.3 is 25.0 Å². The van der Waals surface area contributed by atoms with E-state index in [0.29, 0.717) is 12.0 Å². The van der Waals surface area contributed by atoms with Crippen molar-refractivity contribution < 1.29 is 28.7 Å². The molecule has 3 unspecified atom stereocenters. The second kappa shape index (κ2) is 12.2. The molecule has 1 aromatic rings. The maximum absolute atomic E-state index is 13.5. The second-order valence-corrected chi connectivity index (χ2v) is 8.98. The van der Waals surface area contributed by atoms with Crippen LogP contribution in [0, 0.1) is 6.92 Å². The molecule has 0 fully saturated rings. The SMILES string of the molecule is CCC(C)N(C(=O)C(C)NC(=O)OC(C)(C)C)C(C(=O)NCC(=O)OC)c1ccc(C)cc1. The molecule has 0 saturated carbocycles. The maximum atomic E-state index is 13.5. The Morgan fingerprint density at radius 3 is 2.12 bits per heavy atom. The molecule has 0 saturated heterocycles. The third-order valence-electron chi connectivity index (χ3n) is 4.98. The molecular weight excluding hydrogens is 426 g/mol. The summed E-state index contributed by atoms with van der Waals surface area (Å²) in [6.45, 7) is 12.0. The number of ether oxygens (including phenoxy) is 2. The normalized spacial score (nSPS) is 13.8. The average Bonchev–Trinajstić information content (AvgIpc) is 2.73. The Balaban J connectivity index is 3.31. The predicted molar refractivity (Wildman–Crippen MR) is 124 cm³/mol. The van der Waals surface area contributed by atoms with E-state index in [-0.39, 0.29) is 12.6 Å². The summed E-state index contributed by atoms with van der Waals surface area (Å²) >= 11 is 0. The Labute approximate surface area is 196 Å². The van der Waals surface area contributed by atoms with Crippen molar-refractivity contribution in [3.63, 3.8) is 0 Å². The molecular formula is C24H37N3O6. The van der Waals surface area contributed by atoms with Crippen LogP contribution in [0.25, 0.3) is 0 Å². The number of amides is 3. The minimum Gasteiger partial charge on any atom is -0.468 e. The van der Waals surface area contributed by atoms with E-state index in [1.165, 1.54) is 12.0 Å². The number of carbonyl (C=O) groups is 4. The van der Waals surface area contributed by atoms with Crippen LogP contribution >= 0.6 is 0 Å². The summed E-state index contributed by atoms with van der Waals surface area (Å²) in [5.41, 5.74) is 0.858. The van der Waals surface area contributed by atoms with Gasteiger partial charge in [-0.15, -0.1) is 0 Å². The summed E-state index contributed by atoms with van der Waals surface area (Å²) in [5.74, 6) is -1.58. The van der Waals surface area contributed by atoms with Gasteiger partial charge in [0.1, 0.15) is 24.2 Å². The van der Waals surface area contributed by atoms with Gasteiger partial charge in [0, 0.05) is 6.04 Å². The van der Waals surface area contributed by atoms with Crippen molar-refractivity contribution in [1.82, 2.24) is 15.5 Å². The smallest absolute Gasteiger partial charge is 0.408 e. The van der Waals surface area contributed by atoms with Crippen LogP contribution in [0.15, 0.2) is 24.3 Å². The lowest BCUT2D eigenvalue weighted by atomic mass is 9.99. The minimum absolute atomic E-state index is 0.327. The maximum Gasteiger partial charge on any atom is 0.408 e. The van der Waals surface area contributed by atoms with E-state index >= 15 is 0 Å². The summed E-state index contributed by atoms with van der Waals surface area (Å²) in [7, 11) is 1.23. The van der Waals surface area contributed by atoms with E-state index in [1.807, 2.05) is 32.9 Å². The molecule has 1 rings (SSSR count). The van der Waals surface area contributed by atoms with Crippen molar-refractivity contribution in [2.75, 3.05) is 13.7 Å².